The van der Waals surface area contributed by atoms with Crippen molar-refractivity contribution in [2.24, 2.45) is 0 Å². The number of hydrogen-bond donors (Lipinski definition) is 3. The number of aromatic nitrogens is 2. The van der Waals surface area contributed by atoms with E-state index in [1.165, 1.54) is 22.8 Å². The van der Waals surface area contributed by atoms with E-state index in [1.807, 2.05) is 6.07 Å². The quantitative estimate of drug-likeness (QED) is 0.611. The van der Waals surface area contributed by atoms with Gasteiger partial charge in [-0.2, -0.15) is 0 Å². The molecule has 9 heteroatoms. The van der Waals surface area contributed by atoms with Crippen molar-refractivity contribution in [1.29, 1.82) is 0 Å². The Bertz CT molecular complexity index is 1250. The van der Waals surface area contributed by atoms with E-state index in [4.69, 9.17) is 0 Å². The van der Waals surface area contributed by atoms with Crippen LogP contribution in [0.3, 0.4) is 0 Å². The van der Waals surface area contributed by atoms with Crippen molar-refractivity contribution in [3.63, 3.8) is 0 Å². The van der Waals surface area contributed by atoms with Gasteiger partial charge in [-0.25, -0.2) is 9.18 Å². The second-order valence-corrected chi connectivity index (χ2v) is 6.87. The van der Waals surface area contributed by atoms with Crippen LogP contribution in [0.4, 0.5) is 15.9 Å². The Morgan fingerprint density at radius 2 is 1.77 bits per heavy atom. The first kappa shape index (κ1) is 19.3. The molecule has 30 heavy (non-hydrogen) atoms. The number of carbonyl (C=O) groups is 2. The highest BCUT2D eigenvalue weighted by Gasteiger charge is 2.35. The normalized spacial score (nSPS) is 15.2. The first-order valence-electron chi connectivity index (χ1n) is 9.20. The van der Waals surface area contributed by atoms with Crippen LogP contribution in [0, 0.1) is 5.82 Å². The number of halogens is 1. The molecule has 1 atom stereocenters. The van der Waals surface area contributed by atoms with Gasteiger partial charge in [0, 0.05) is 6.42 Å². The first-order valence-corrected chi connectivity index (χ1v) is 9.20. The summed E-state index contributed by atoms with van der Waals surface area (Å²) in [6, 6.07) is 14.6. The highest BCUT2D eigenvalue weighted by atomic mass is 19.1. The maximum atomic E-state index is 13.9. The lowest BCUT2D eigenvalue weighted by Gasteiger charge is -2.26. The summed E-state index contributed by atoms with van der Waals surface area (Å²) >= 11 is 0. The Labute approximate surface area is 169 Å². The van der Waals surface area contributed by atoms with Crippen molar-refractivity contribution in [3.8, 4) is 0 Å². The van der Waals surface area contributed by atoms with Crippen molar-refractivity contribution in [2.45, 2.75) is 18.9 Å². The fraction of sp³-hybridized carbons (Fsp3) is 0.143. The van der Waals surface area contributed by atoms with Gasteiger partial charge in [-0.3, -0.25) is 23.9 Å². The van der Waals surface area contributed by atoms with Crippen LogP contribution < -0.4 is 21.9 Å². The van der Waals surface area contributed by atoms with Gasteiger partial charge in [0.15, 0.2) is 0 Å². The second-order valence-electron chi connectivity index (χ2n) is 6.87. The van der Waals surface area contributed by atoms with E-state index in [0.29, 0.717) is 0 Å². The number of rotatable bonds is 4. The smallest absolute Gasteiger partial charge is 0.323 e. The zero-order chi connectivity index (χ0) is 21.3. The molecule has 0 saturated carbocycles. The van der Waals surface area contributed by atoms with E-state index < -0.39 is 34.8 Å². The summed E-state index contributed by atoms with van der Waals surface area (Å²) in [6.45, 7) is 0.0840. The van der Waals surface area contributed by atoms with E-state index in [9.17, 15) is 23.6 Å². The zero-order valence-corrected chi connectivity index (χ0v) is 15.6. The average Bonchev–Trinajstić information content (AvgIpc) is 2.72. The van der Waals surface area contributed by atoms with Crippen LogP contribution in [-0.4, -0.2) is 21.4 Å². The molecule has 3 aromatic rings. The number of benzene rings is 2. The molecule has 2 aromatic carbocycles. The molecule has 0 unspecified atom stereocenters. The molecule has 1 aromatic heterocycles. The topological polar surface area (TPSA) is 113 Å². The average molecular weight is 408 g/mol. The molecule has 0 spiro atoms. The minimum absolute atomic E-state index is 0.0301. The Hall–Kier alpha value is -4.01. The lowest BCUT2D eigenvalue weighted by Crippen LogP contribution is -2.42. The Morgan fingerprint density at radius 1 is 1.07 bits per heavy atom. The van der Waals surface area contributed by atoms with Crippen LogP contribution >= 0.6 is 0 Å². The molecule has 8 nitrogen and oxygen atoms in total. The summed E-state index contributed by atoms with van der Waals surface area (Å²) in [6.07, 6.45) is -0.306. The summed E-state index contributed by atoms with van der Waals surface area (Å²) in [5, 5.41) is 4.96. The molecule has 0 aliphatic carbocycles. The molecule has 0 bridgehead atoms. The van der Waals surface area contributed by atoms with Gasteiger partial charge in [-0.15, -0.1) is 0 Å². The number of aromatic amines is 1. The number of amides is 2. The van der Waals surface area contributed by atoms with Gasteiger partial charge in [0.25, 0.3) is 5.56 Å². The van der Waals surface area contributed by atoms with Crippen molar-refractivity contribution >= 4 is 23.3 Å². The summed E-state index contributed by atoms with van der Waals surface area (Å²) < 4.78 is 15.1. The molecule has 0 fully saturated rings. The lowest BCUT2D eigenvalue weighted by atomic mass is 9.92. The summed E-state index contributed by atoms with van der Waals surface area (Å²) in [5.41, 5.74) is -0.824. The molecule has 4 rings (SSSR count). The standard InChI is InChI=1S/C21H17FN4O4/c22-14-8-4-5-9-15(14)23-19(28)13-10-16(27)24-18-17(13)20(29)25-21(30)26(18)11-12-6-2-1-3-7-12/h1-9,13H,10-11H2,(H,23,28)(H,24,27)(H,25,29,30)/t13-/m1/s1. The fourth-order valence-corrected chi connectivity index (χ4v) is 3.44. The Morgan fingerprint density at radius 3 is 2.50 bits per heavy atom. The van der Waals surface area contributed by atoms with Gasteiger partial charge in [0.2, 0.25) is 11.8 Å². The number of anilines is 2. The second kappa shape index (κ2) is 7.78. The highest BCUT2D eigenvalue weighted by Crippen LogP contribution is 2.30. The Kier molecular flexibility index (Phi) is 5.01. The molecule has 152 valence electrons. The number of nitrogens with one attached hydrogen (secondary N) is 3. The van der Waals surface area contributed by atoms with E-state index >= 15 is 0 Å². The van der Waals surface area contributed by atoms with Gasteiger partial charge in [0.1, 0.15) is 11.6 Å². The van der Waals surface area contributed by atoms with Crippen molar-refractivity contribution in [3.05, 3.63) is 92.4 Å². The van der Waals surface area contributed by atoms with E-state index in [0.717, 1.165) is 5.56 Å². The minimum Gasteiger partial charge on any atom is -0.323 e. The number of nitrogens with zero attached hydrogens (tertiary/aromatic N) is 1. The van der Waals surface area contributed by atoms with E-state index in [-0.39, 0.29) is 30.0 Å². The first-order chi connectivity index (χ1) is 14.4. The summed E-state index contributed by atoms with van der Waals surface area (Å²) in [7, 11) is 0. The number of fused-ring (bicyclic) bond motifs is 1. The molecular weight excluding hydrogens is 391 g/mol. The van der Waals surface area contributed by atoms with Gasteiger partial charge in [-0.1, -0.05) is 42.5 Å². The van der Waals surface area contributed by atoms with Crippen LogP contribution in [0.15, 0.2) is 64.2 Å². The fourth-order valence-electron chi connectivity index (χ4n) is 3.44. The minimum atomic E-state index is -1.18. The van der Waals surface area contributed by atoms with Crippen LogP contribution in [0.2, 0.25) is 0 Å². The van der Waals surface area contributed by atoms with Crippen molar-refractivity contribution in [1.82, 2.24) is 9.55 Å². The van der Waals surface area contributed by atoms with Crippen LogP contribution in [0.25, 0.3) is 0 Å². The summed E-state index contributed by atoms with van der Waals surface area (Å²) in [4.78, 5) is 52.3. The highest BCUT2D eigenvalue weighted by molar-refractivity contribution is 6.04. The molecule has 3 N–H and O–H groups in total. The van der Waals surface area contributed by atoms with Gasteiger partial charge in [0.05, 0.1) is 23.7 Å². The van der Waals surface area contributed by atoms with Crippen molar-refractivity contribution < 1.29 is 14.0 Å². The van der Waals surface area contributed by atoms with E-state index in [1.54, 1.807) is 30.3 Å². The molecular formula is C21H17FN4O4. The lowest BCUT2D eigenvalue weighted by molar-refractivity contribution is -0.123. The zero-order valence-electron chi connectivity index (χ0n) is 15.6. The molecule has 2 amide bonds. The number of para-hydroxylation sites is 1. The third-order valence-corrected chi connectivity index (χ3v) is 4.86. The number of carbonyl (C=O) groups excluding carboxylic acids is 2. The SMILES string of the molecule is O=C1C[C@@H](C(=O)Nc2ccccc2F)c2c(n(Cc3ccccc3)c(=O)[nH]c2=O)N1. The van der Waals surface area contributed by atoms with Gasteiger partial charge >= 0.3 is 5.69 Å². The molecule has 1 aliphatic rings. The van der Waals surface area contributed by atoms with Gasteiger partial charge in [-0.05, 0) is 17.7 Å². The Balaban J connectivity index is 1.77. The predicted molar refractivity (Wildman–Crippen MR) is 108 cm³/mol. The van der Waals surface area contributed by atoms with Crippen LogP contribution in [-0.2, 0) is 16.1 Å². The van der Waals surface area contributed by atoms with Gasteiger partial charge < -0.3 is 10.6 Å². The largest absolute Gasteiger partial charge is 0.330 e. The molecule has 0 radical (unpaired) electrons. The van der Waals surface area contributed by atoms with Crippen molar-refractivity contribution in [2.75, 3.05) is 10.6 Å². The van der Waals surface area contributed by atoms with Crippen LogP contribution in [0.1, 0.15) is 23.5 Å². The molecule has 0 saturated heterocycles. The number of hydrogen-bond acceptors (Lipinski definition) is 4. The maximum Gasteiger partial charge on any atom is 0.330 e. The number of H-pyrrole nitrogens is 1. The molecule has 2 heterocycles. The third kappa shape index (κ3) is 3.64. The van der Waals surface area contributed by atoms with Crippen LogP contribution in [0.5, 0.6) is 0 Å². The molecule has 1 aliphatic heterocycles. The summed E-state index contributed by atoms with van der Waals surface area (Å²) in [5.74, 6) is -3.10. The third-order valence-electron chi connectivity index (χ3n) is 4.86. The maximum absolute atomic E-state index is 13.9. The predicted octanol–water partition coefficient (Wildman–Crippen LogP) is 1.79. The monoisotopic (exact) mass is 408 g/mol. The van der Waals surface area contributed by atoms with E-state index in [2.05, 4.69) is 15.6 Å².